The Kier molecular flexibility index (Phi) is 5.46. The lowest BCUT2D eigenvalue weighted by Crippen LogP contribution is -2.28. The number of hydrogen-bond donors (Lipinski definition) is 0. The number of carbonyl (C=O) groups excluding carboxylic acids is 1. The van der Waals surface area contributed by atoms with Crippen LogP contribution in [0, 0.1) is 0 Å². The molecule has 0 heterocycles. The summed E-state index contributed by atoms with van der Waals surface area (Å²) in [6.07, 6.45) is 1.76. The van der Waals surface area contributed by atoms with Gasteiger partial charge in [-0.05, 0) is 34.1 Å². The predicted octanol–water partition coefficient (Wildman–Crippen LogP) is 2.58. The van der Waals surface area contributed by atoms with Crippen LogP contribution >= 0.6 is 0 Å². The average Bonchev–Trinajstić information content (AvgIpc) is 2.15. The van der Waals surface area contributed by atoms with Gasteiger partial charge in [-0.25, -0.2) is 0 Å². The Balaban J connectivity index is 3.96. The van der Waals surface area contributed by atoms with Crippen molar-refractivity contribution in [3.8, 4) is 0 Å². The normalized spacial score (nSPS) is 12.9. The first-order chi connectivity index (χ1) is 6.72. The number of carbonyl (C=O) groups is 1. The molecule has 15 heavy (non-hydrogen) atoms. The van der Waals surface area contributed by atoms with Gasteiger partial charge in [0.05, 0.1) is 11.2 Å². The molecule has 0 aliphatic rings. The molecule has 0 amide bonds. The number of rotatable bonds is 7. The second kappa shape index (κ2) is 5.61. The van der Waals surface area contributed by atoms with Crippen LogP contribution in [0.5, 0.6) is 0 Å². The molecule has 0 aromatic heterocycles. The standard InChI is InChI=1S/C12H24O3/c1-11(2,14-5)8-7-10(13)9-12(3,4)15-6/h7-9H2,1-6H3. The van der Waals surface area contributed by atoms with Crippen LogP contribution in [0.2, 0.25) is 0 Å². The van der Waals surface area contributed by atoms with Gasteiger partial charge in [-0.2, -0.15) is 0 Å². The molecular weight excluding hydrogens is 192 g/mol. The first kappa shape index (κ1) is 14.6. The van der Waals surface area contributed by atoms with Gasteiger partial charge in [-0.3, -0.25) is 4.79 Å². The monoisotopic (exact) mass is 216 g/mol. The molecule has 0 aliphatic carbocycles. The Bertz CT molecular complexity index is 207. The van der Waals surface area contributed by atoms with Crippen molar-refractivity contribution in [3.63, 3.8) is 0 Å². The van der Waals surface area contributed by atoms with Crippen molar-refractivity contribution in [2.24, 2.45) is 0 Å². The van der Waals surface area contributed by atoms with Crippen molar-refractivity contribution in [3.05, 3.63) is 0 Å². The second-order valence-electron chi connectivity index (χ2n) is 5.14. The third kappa shape index (κ3) is 6.63. The van der Waals surface area contributed by atoms with Crippen LogP contribution < -0.4 is 0 Å². The summed E-state index contributed by atoms with van der Waals surface area (Å²) in [5, 5.41) is 0. The topological polar surface area (TPSA) is 35.5 Å². The molecule has 0 fully saturated rings. The summed E-state index contributed by atoms with van der Waals surface area (Å²) in [5.74, 6) is 0.229. The molecule has 0 rings (SSSR count). The van der Waals surface area contributed by atoms with Crippen LogP contribution in [0.25, 0.3) is 0 Å². The van der Waals surface area contributed by atoms with Gasteiger partial charge in [0, 0.05) is 27.1 Å². The second-order valence-corrected chi connectivity index (χ2v) is 5.14. The van der Waals surface area contributed by atoms with E-state index in [4.69, 9.17) is 9.47 Å². The molecule has 0 aromatic rings. The van der Waals surface area contributed by atoms with E-state index in [-0.39, 0.29) is 17.0 Å². The average molecular weight is 216 g/mol. The first-order valence-electron chi connectivity index (χ1n) is 5.34. The van der Waals surface area contributed by atoms with E-state index >= 15 is 0 Å². The van der Waals surface area contributed by atoms with Crippen molar-refractivity contribution in [2.45, 2.75) is 58.2 Å². The van der Waals surface area contributed by atoms with Crippen molar-refractivity contribution < 1.29 is 14.3 Å². The van der Waals surface area contributed by atoms with Crippen LogP contribution in [0.15, 0.2) is 0 Å². The molecule has 0 saturated carbocycles. The zero-order valence-corrected chi connectivity index (χ0v) is 10.8. The van der Waals surface area contributed by atoms with Crippen LogP contribution in [-0.4, -0.2) is 31.2 Å². The maximum atomic E-state index is 11.6. The molecule has 3 nitrogen and oxygen atoms in total. The highest BCUT2D eigenvalue weighted by molar-refractivity contribution is 5.79. The molecule has 0 aliphatic heterocycles. The third-order valence-electron chi connectivity index (χ3n) is 2.73. The van der Waals surface area contributed by atoms with E-state index in [1.54, 1.807) is 14.2 Å². The van der Waals surface area contributed by atoms with Gasteiger partial charge < -0.3 is 9.47 Å². The van der Waals surface area contributed by atoms with Crippen molar-refractivity contribution in [1.82, 2.24) is 0 Å². The van der Waals surface area contributed by atoms with E-state index < -0.39 is 0 Å². The number of methoxy groups -OCH3 is 2. The van der Waals surface area contributed by atoms with Crippen LogP contribution in [0.3, 0.4) is 0 Å². The number of hydrogen-bond acceptors (Lipinski definition) is 3. The van der Waals surface area contributed by atoms with Crippen LogP contribution in [0.4, 0.5) is 0 Å². The zero-order chi connectivity index (χ0) is 12.1. The summed E-state index contributed by atoms with van der Waals surface area (Å²) in [7, 11) is 3.30. The Morgan fingerprint density at radius 1 is 1.00 bits per heavy atom. The van der Waals surface area contributed by atoms with Gasteiger partial charge in [-0.1, -0.05) is 0 Å². The molecule has 0 unspecified atom stereocenters. The van der Waals surface area contributed by atoms with E-state index in [1.165, 1.54) is 0 Å². The number of Topliss-reactive ketones (excluding diaryl/α,β-unsaturated/α-hetero) is 1. The molecule has 0 spiro atoms. The fraction of sp³-hybridized carbons (Fsp3) is 0.917. The Hall–Kier alpha value is -0.410. The predicted molar refractivity (Wildman–Crippen MR) is 61.0 cm³/mol. The quantitative estimate of drug-likeness (QED) is 0.656. The van der Waals surface area contributed by atoms with Crippen LogP contribution in [-0.2, 0) is 14.3 Å². The lowest BCUT2D eigenvalue weighted by Gasteiger charge is -2.24. The fourth-order valence-electron chi connectivity index (χ4n) is 1.18. The van der Waals surface area contributed by atoms with Gasteiger partial charge in [0.25, 0.3) is 0 Å². The first-order valence-corrected chi connectivity index (χ1v) is 5.34. The van der Waals surface area contributed by atoms with Gasteiger partial charge in [0.2, 0.25) is 0 Å². The van der Waals surface area contributed by atoms with Gasteiger partial charge in [0.15, 0.2) is 0 Å². The molecule has 0 radical (unpaired) electrons. The molecule has 3 heteroatoms. The highest BCUT2D eigenvalue weighted by Crippen LogP contribution is 2.19. The maximum absolute atomic E-state index is 11.6. The lowest BCUT2D eigenvalue weighted by molar-refractivity contribution is -0.125. The fourth-order valence-corrected chi connectivity index (χ4v) is 1.18. The maximum Gasteiger partial charge on any atom is 0.135 e. The molecular formula is C12H24O3. The van der Waals surface area contributed by atoms with Gasteiger partial charge in [-0.15, -0.1) is 0 Å². The smallest absolute Gasteiger partial charge is 0.135 e. The molecule has 0 saturated heterocycles. The van der Waals surface area contributed by atoms with E-state index in [0.717, 1.165) is 6.42 Å². The van der Waals surface area contributed by atoms with E-state index in [2.05, 4.69) is 0 Å². The lowest BCUT2D eigenvalue weighted by atomic mass is 9.95. The molecule has 0 bridgehead atoms. The highest BCUT2D eigenvalue weighted by Gasteiger charge is 2.23. The summed E-state index contributed by atoms with van der Waals surface area (Å²) >= 11 is 0. The number of ketones is 1. The van der Waals surface area contributed by atoms with Crippen LogP contribution in [0.1, 0.15) is 47.0 Å². The van der Waals surface area contributed by atoms with Crippen molar-refractivity contribution in [2.75, 3.05) is 14.2 Å². The van der Waals surface area contributed by atoms with Gasteiger partial charge in [0.1, 0.15) is 5.78 Å². The summed E-state index contributed by atoms with van der Waals surface area (Å²) in [6, 6.07) is 0. The summed E-state index contributed by atoms with van der Waals surface area (Å²) in [6.45, 7) is 7.82. The highest BCUT2D eigenvalue weighted by atomic mass is 16.5. The molecule has 0 aromatic carbocycles. The summed E-state index contributed by atoms with van der Waals surface area (Å²) in [4.78, 5) is 11.6. The van der Waals surface area contributed by atoms with Crippen molar-refractivity contribution in [1.29, 1.82) is 0 Å². The van der Waals surface area contributed by atoms with E-state index in [9.17, 15) is 4.79 Å². The summed E-state index contributed by atoms with van der Waals surface area (Å²) < 4.78 is 10.5. The Morgan fingerprint density at radius 3 is 1.87 bits per heavy atom. The minimum atomic E-state index is -0.353. The van der Waals surface area contributed by atoms with E-state index in [0.29, 0.717) is 12.8 Å². The minimum Gasteiger partial charge on any atom is -0.379 e. The van der Waals surface area contributed by atoms with E-state index in [1.807, 2.05) is 27.7 Å². The molecule has 0 atom stereocenters. The number of ether oxygens (including phenoxy) is 2. The molecule has 0 N–H and O–H groups in total. The Morgan fingerprint density at radius 2 is 1.47 bits per heavy atom. The SMILES string of the molecule is COC(C)(C)CCC(=O)CC(C)(C)OC. The zero-order valence-electron chi connectivity index (χ0n) is 10.8. The Labute approximate surface area is 93.1 Å². The third-order valence-corrected chi connectivity index (χ3v) is 2.73. The van der Waals surface area contributed by atoms with Gasteiger partial charge >= 0.3 is 0 Å². The largest absolute Gasteiger partial charge is 0.379 e. The summed E-state index contributed by atoms with van der Waals surface area (Å²) in [5.41, 5.74) is -0.568. The molecule has 90 valence electrons. The minimum absolute atomic E-state index is 0.215. The van der Waals surface area contributed by atoms with Crippen molar-refractivity contribution >= 4 is 5.78 Å².